The van der Waals surface area contributed by atoms with E-state index in [9.17, 15) is 9.90 Å². The summed E-state index contributed by atoms with van der Waals surface area (Å²) in [5.41, 5.74) is 0. The van der Waals surface area contributed by atoms with Crippen molar-refractivity contribution in [3.05, 3.63) is 12.2 Å². The summed E-state index contributed by atoms with van der Waals surface area (Å²) >= 11 is 0. The normalized spacial score (nSPS) is 10.1. The van der Waals surface area contributed by atoms with Crippen LogP contribution in [0.2, 0.25) is 0 Å². The number of carbonyl (C=O) groups is 1. The lowest BCUT2D eigenvalue weighted by molar-refractivity contribution is -0.139. The topological polar surface area (TPSA) is 57.5 Å². The molecule has 1 unspecified atom stereocenters. The van der Waals surface area contributed by atoms with Gasteiger partial charge in [0.05, 0.1) is 12.5 Å². The Morgan fingerprint density at radius 2 is 1.81 bits per heavy atom. The van der Waals surface area contributed by atoms with E-state index in [4.69, 9.17) is 11.5 Å². The molecule has 0 rings (SSSR count). The third-order valence-corrected chi connectivity index (χ3v) is 2.41. The van der Waals surface area contributed by atoms with Crippen LogP contribution in [0.3, 0.4) is 0 Å². The zero-order valence-corrected chi connectivity index (χ0v) is 11.9. The number of unbranched alkanes of at least 4 members (excludes halogenated alkanes) is 3. The van der Waals surface area contributed by atoms with Crippen molar-refractivity contribution >= 4 is 5.97 Å². The minimum Gasteiger partial charge on any atom is -0.481 e. The van der Waals surface area contributed by atoms with Gasteiger partial charge in [-0.15, -0.1) is 6.42 Å². The molecule has 0 aromatic rings. The van der Waals surface area contributed by atoms with Gasteiger partial charge in [0.2, 0.25) is 0 Å². The van der Waals surface area contributed by atoms with Crippen LogP contribution in [0.15, 0.2) is 12.2 Å². The summed E-state index contributed by atoms with van der Waals surface area (Å²) in [7, 11) is 0. The Morgan fingerprint density at radius 1 is 1.10 bits per heavy atom. The van der Waals surface area contributed by atoms with Gasteiger partial charge in [-0.25, -0.2) is 0 Å². The smallest absolute Gasteiger partial charge is 0.305 e. The Kier molecular flexibility index (Phi) is 12.1. The predicted octanol–water partition coefficient (Wildman–Crippen LogP) is 1.97. The second-order valence-electron chi connectivity index (χ2n) is 4.21. The molecule has 0 aliphatic rings. The molecule has 0 aromatic heterocycles. The van der Waals surface area contributed by atoms with Crippen molar-refractivity contribution in [2.75, 3.05) is 0 Å². The lowest BCUT2D eigenvalue weighted by Gasteiger charge is -2.06. The van der Waals surface area contributed by atoms with E-state index in [1.165, 1.54) is 0 Å². The Morgan fingerprint density at radius 3 is 2.52 bits per heavy atom. The van der Waals surface area contributed by atoms with Gasteiger partial charge < -0.3 is 10.2 Å². The molecule has 0 saturated carbocycles. The number of hydrogen-bond acceptors (Lipinski definition) is 2. The zero-order chi connectivity index (χ0) is 15.8. The fourth-order valence-corrected chi connectivity index (χ4v) is 1.47. The lowest BCUT2D eigenvalue weighted by Crippen LogP contribution is -2.12. The van der Waals surface area contributed by atoms with Gasteiger partial charge in [-0.05, 0) is 60.9 Å². The number of aliphatic carboxylic acids is 1. The second kappa shape index (κ2) is 13.8. The molecule has 0 spiro atoms. The zero-order valence-electron chi connectivity index (χ0n) is 11.9. The van der Waals surface area contributed by atoms with Crippen LogP contribution in [0, 0.1) is 47.9 Å². The van der Waals surface area contributed by atoms with Crippen LogP contribution in [0.25, 0.3) is 0 Å². The summed E-state index contributed by atoms with van der Waals surface area (Å²) in [6.07, 6.45) is 11.9. The first-order valence-corrected chi connectivity index (χ1v) is 6.67. The third-order valence-electron chi connectivity index (χ3n) is 2.41. The molecule has 3 heteroatoms. The second-order valence-corrected chi connectivity index (χ2v) is 4.21. The molecule has 0 amide bonds. The summed E-state index contributed by atoms with van der Waals surface area (Å²) in [4.78, 5) is 10.3. The lowest BCUT2D eigenvalue weighted by atomic mass is 10.1. The highest BCUT2D eigenvalue weighted by Crippen LogP contribution is 2.08. The molecule has 2 N–H and O–H groups in total. The van der Waals surface area contributed by atoms with Gasteiger partial charge in [-0.1, -0.05) is 24.8 Å². The van der Waals surface area contributed by atoms with E-state index in [-0.39, 0.29) is 6.42 Å². The SMILES string of the molecule is C#CC#CC#CC#C/C=C/CCCCCC(O)CC(=O)O. The summed E-state index contributed by atoms with van der Waals surface area (Å²) in [5.74, 6) is 16.4. The fourth-order valence-electron chi connectivity index (χ4n) is 1.47. The Bertz CT molecular complexity index is 559. The first-order valence-electron chi connectivity index (χ1n) is 6.67. The number of carboxylic acid groups (broad SMARTS) is 1. The largest absolute Gasteiger partial charge is 0.481 e. The maximum atomic E-state index is 10.3. The number of aliphatic hydroxyl groups excluding tert-OH is 1. The molecule has 21 heavy (non-hydrogen) atoms. The highest BCUT2D eigenvalue weighted by molar-refractivity contribution is 5.67. The predicted molar refractivity (Wildman–Crippen MR) is 82.6 cm³/mol. The molecule has 0 saturated heterocycles. The highest BCUT2D eigenvalue weighted by atomic mass is 16.4. The van der Waals surface area contributed by atoms with Crippen LogP contribution in [-0.4, -0.2) is 22.3 Å². The molecular formula is C18H18O3. The molecule has 3 nitrogen and oxygen atoms in total. The van der Waals surface area contributed by atoms with E-state index in [1.54, 1.807) is 6.08 Å². The number of carboxylic acids is 1. The quantitative estimate of drug-likeness (QED) is 0.528. The van der Waals surface area contributed by atoms with E-state index < -0.39 is 12.1 Å². The Labute approximate surface area is 126 Å². The molecule has 1 atom stereocenters. The highest BCUT2D eigenvalue weighted by Gasteiger charge is 2.08. The minimum absolute atomic E-state index is 0.178. The third kappa shape index (κ3) is 15.4. The Balaban J connectivity index is 3.61. The molecule has 0 bridgehead atoms. The summed E-state index contributed by atoms with van der Waals surface area (Å²) in [6.45, 7) is 0. The van der Waals surface area contributed by atoms with Crippen LogP contribution < -0.4 is 0 Å². The van der Waals surface area contributed by atoms with Gasteiger partial charge >= 0.3 is 5.97 Å². The van der Waals surface area contributed by atoms with Gasteiger partial charge in [-0.2, -0.15) is 0 Å². The maximum Gasteiger partial charge on any atom is 0.305 e. The summed E-state index contributed by atoms with van der Waals surface area (Å²) in [6, 6.07) is 0. The van der Waals surface area contributed by atoms with E-state index in [2.05, 4.69) is 41.4 Å². The first kappa shape index (κ1) is 18.4. The van der Waals surface area contributed by atoms with Crippen molar-refractivity contribution in [1.29, 1.82) is 0 Å². The van der Waals surface area contributed by atoms with Crippen molar-refractivity contribution in [2.24, 2.45) is 0 Å². The monoisotopic (exact) mass is 282 g/mol. The van der Waals surface area contributed by atoms with Crippen molar-refractivity contribution in [3.8, 4) is 47.9 Å². The van der Waals surface area contributed by atoms with E-state index in [0.717, 1.165) is 25.7 Å². The van der Waals surface area contributed by atoms with E-state index in [0.29, 0.717) is 6.42 Å². The number of allylic oxidation sites excluding steroid dienone is 2. The van der Waals surface area contributed by atoms with Crippen molar-refractivity contribution in [2.45, 2.75) is 44.6 Å². The van der Waals surface area contributed by atoms with Gasteiger partial charge in [0, 0.05) is 0 Å². The number of hydrogen-bond donors (Lipinski definition) is 2. The molecule has 0 heterocycles. The molecule has 0 fully saturated rings. The molecule has 0 aliphatic carbocycles. The van der Waals surface area contributed by atoms with Crippen molar-refractivity contribution in [1.82, 2.24) is 0 Å². The standard InChI is InChI=1S/C18H18O3/c1-2-3-4-5-6-7-8-9-10-11-12-13-14-15-17(19)16-18(20)21/h1,9-10,17,19H,11-16H2,(H,20,21)/b10-9+. The molecule has 0 aromatic carbocycles. The van der Waals surface area contributed by atoms with Crippen LogP contribution >= 0.6 is 0 Å². The Hall–Kier alpha value is -2.59. The molecular weight excluding hydrogens is 264 g/mol. The molecule has 108 valence electrons. The van der Waals surface area contributed by atoms with E-state index in [1.807, 2.05) is 6.08 Å². The average molecular weight is 282 g/mol. The maximum absolute atomic E-state index is 10.3. The van der Waals surface area contributed by atoms with Gasteiger partial charge in [-0.3, -0.25) is 4.79 Å². The van der Waals surface area contributed by atoms with E-state index >= 15 is 0 Å². The minimum atomic E-state index is -0.961. The fraction of sp³-hybridized carbons (Fsp3) is 0.389. The van der Waals surface area contributed by atoms with Crippen molar-refractivity contribution < 1.29 is 15.0 Å². The number of rotatable bonds is 8. The average Bonchev–Trinajstić information content (AvgIpc) is 2.43. The van der Waals surface area contributed by atoms with Gasteiger partial charge in [0.1, 0.15) is 0 Å². The number of terminal acetylenes is 1. The van der Waals surface area contributed by atoms with Crippen molar-refractivity contribution in [3.63, 3.8) is 0 Å². The first-order chi connectivity index (χ1) is 10.2. The molecule has 0 aliphatic heterocycles. The number of aliphatic hydroxyl groups is 1. The summed E-state index contributed by atoms with van der Waals surface area (Å²) in [5, 5.41) is 17.8. The van der Waals surface area contributed by atoms with Crippen LogP contribution in [0.4, 0.5) is 0 Å². The van der Waals surface area contributed by atoms with Crippen LogP contribution in [0.5, 0.6) is 0 Å². The van der Waals surface area contributed by atoms with Gasteiger partial charge in [0.25, 0.3) is 0 Å². The van der Waals surface area contributed by atoms with Gasteiger partial charge in [0.15, 0.2) is 0 Å². The summed E-state index contributed by atoms with van der Waals surface area (Å²) < 4.78 is 0. The molecule has 0 radical (unpaired) electrons. The van der Waals surface area contributed by atoms with Crippen LogP contribution in [-0.2, 0) is 4.79 Å². The van der Waals surface area contributed by atoms with Crippen LogP contribution in [0.1, 0.15) is 38.5 Å².